The van der Waals surface area contributed by atoms with Crippen molar-refractivity contribution in [1.29, 1.82) is 0 Å². The lowest BCUT2D eigenvalue weighted by molar-refractivity contribution is -0.114. The third kappa shape index (κ3) is 6.90. The van der Waals surface area contributed by atoms with Crippen molar-refractivity contribution in [1.82, 2.24) is 0 Å². The molecule has 0 unspecified atom stereocenters. The van der Waals surface area contributed by atoms with Crippen molar-refractivity contribution in [3.05, 3.63) is 78.4 Å². The summed E-state index contributed by atoms with van der Waals surface area (Å²) in [6.45, 7) is -0.396. The molecule has 0 aliphatic rings. The summed E-state index contributed by atoms with van der Waals surface area (Å²) in [5.74, 6) is 1.13. The van der Waals surface area contributed by atoms with Crippen LogP contribution in [-0.2, 0) is 20.6 Å². The van der Waals surface area contributed by atoms with Crippen LogP contribution in [0, 0.1) is 0 Å². The first kappa shape index (κ1) is 24.5. The van der Waals surface area contributed by atoms with Gasteiger partial charge in [0.2, 0.25) is 15.9 Å². The van der Waals surface area contributed by atoms with E-state index >= 15 is 0 Å². The van der Waals surface area contributed by atoms with Crippen molar-refractivity contribution in [2.45, 2.75) is 10.6 Å². The quantitative estimate of drug-likeness (QED) is 0.428. The lowest BCUT2D eigenvalue weighted by Gasteiger charge is -2.24. The summed E-state index contributed by atoms with van der Waals surface area (Å²) in [5, 5.41) is 2.76. The third-order valence-electron chi connectivity index (χ3n) is 4.73. The molecule has 0 bridgehead atoms. The van der Waals surface area contributed by atoms with Crippen LogP contribution in [0.25, 0.3) is 0 Å². The molecule has 0 heterocycles. The molecule has 33 heavy (non-hydrogen) atoms. The summed E-state index contributed by atoms with van der Waals surface area (Å²) in [7, 11) is -0.820. The third-order valence-corrected chi connectivity index (χ3v) is 6.94. The Morgan fingerprint density at radius 1 is 0.970 bits per heavy atom. The van der Waals surface area contributed by atoms with Crippen LogP contribution in [0.2, 0.25) is 0 Å². The highest BCUT2D eigenvalue weighted by atomic mass is 32.2. The highest BCUT2D eigenvalue weighted by Gasteiger charge is 2.24. The number of nitrogens with one attached hydrogen (secondary N) is 1. The number of methoxy groups -OCH3 is 2. The van der Waals surface area contributed by atoms with Crippen LogP contribution in [0.3, 0.4) is 0 Å². The second-order valence-corrected chi connectivity index (χ2v) is 10.1. The smallest absolute Gasteiger partial charge is 0.245 e. The Kier molecular flexibility index (Phi) is 8.24. The molecule has 3 rings (SSSR count). The monoisotopic (exact) mass is 486 g/mol. The van der Waals surface area contributed by atoms with Gasteiger partial charge in [-0.3, -0.25) is 9.10 Å². The Labute approximate surface area is 198 Å². The summed E-state index contributed by atoms with van der Waals surface area (Å²) in [6, 6.07) is 22.3. The number of sulfonamides is 1. The Balaban J connectivity index is 1.67. The average molecular weight is 487 g/mol. The lowest BCUT2D eigenvalue weighted by Crippen LogP contribution is -2.37. The van der Waals surface area contributed by atoms with Crippen molar-refractivity contribution in [3.63, 3.8) is 0 Å². The van der Waals surface area contributed by atoms with Crippen molar-refractivity contribution < 1.29 is 22.7 Å². The zero-order chi connectivity index (χ0) is 23.8. The zero-order valence-corrected chi connectivity index (χ0v) is 20.3. The number of carbonyl (C=O) groups excluding carboxylic acids is 1. The minimum Gasteiger partial charge on any atom is -0.497 e. The number of hydrogen-bond acceptors (Lipinski definition) is 6. The van der Waals surface area contributed by atoms with Crippen LogP contribution in [0.15, 0.2) is 77.7 Å². The number of hydrogen-bond donors (Lipinski definition) is 1. The van der Waals surface area contributed by atoms with Gasteiger partial charge < -0.3 is 14.8 Å². The molecule has 0 atom stereocenters. The number of nitrogens with zero attached hydrogens (tertiary/aromatic N) is 1. The zero-order valence-electron chi connectivity index (χ0n) is 18.6. The number of ether oxygens (including phenoxy) is 2. The second-order valence-electron chi connectivity index (χ2n) is 7.15. The molecule has 0 saturated carbocycles. The molecule has 0 aromatic heterocycles. The van der Waals surface area contributed by atoms with E-state index in [0.29, 0.717) is 11.4 Å². The van der Waals surface area contributed by atoms with Crippen molar-refractivity contribution >= 4 is 39.1 Å². The number of anilines is 2. The number of amides is 1. The van der Waals surface area contributed by atoms with Crippen LogP contribution < -0.4 is 19.1 Å². The average Bonchev–Trinajstić information content (AvgIpc) is 2.81. The standard InChI is InChI=1S/C24H26N2O5S2/c1-30-20-13-14-22(23(15-20)31-2)26(33(3,28)29)16-24(27)25-19-11-9-18(10-12-19)17-32-21-7-5-4-6-8-21/h4-15H,16-17H2,1-3H3,(H,25,27). The molecule has 0 fully saturated rings. The molecule has 1 amide bonds. The summed E-state index contributed by atoms with van der Waals surface area (Å²) in [6.07, 6.45) is 1.04. The van der Waals surface area contributed by atoms with Gasteiger partial charge in [-0.25, -0.2) is 8.42 Å². The highest BCUT2D eigenvalue weighted by Crippen LogP contribution is 2.33. The SMILES string of the molecule is COc1ccc(N(CC(=O)Nc2ccc(CSc3ccccc3)cc2)S(C)(=O)=O)c(OC)c1. The van der Waals surface area contributed by atoms with E-state index in [4.69, 9.17) is 9.47 Å². The number of rotatable bonds is 10. The first-order chi connectivity index (χ1) is 15.8. The molecule has 3 aromatic carbocycles. The van der Waals surface area contributed by atoms with Crippen molar-refractivity contribution in [2.75, 3.05) is 36.6 Å². The molecular formula is C24H26N2O5S2. The first-order valence-electron chi connectivity index (χ1n) is 10.1. The van der Waals surface area contributed by atoms with Gasteiger partial charge in [0, 0.05) is 22.4 Å². The summed E-state index contributed by atoms with van der Waals surface area (Å²) in [5.41, 5.74) is 1.95. The van der Waals surface area contributed by atoms with Crippen molar-refractivity contribution in [3.8, 4) is 11.5 Å². The lowest BCUT2D eigenvalue weighted by atomic mass is 10.2. The van der Waals surface area contributed by atoms with Gasteiger partial charge in [0.25, 0.3) is 0 Å². The van der Waals surface area contributed by atoms with E-state index in [-0.39, 0.29) is 11.4 Å². The Bertz CT molecular complexity index is 1180. The maximum atomic E-state index is 12.7. The summed E-state index contributed by atoms with van der Waals surface area (Å²) >= 11 is 1.73. The van der Waals surface area contributed by atoms with E-state index in [2.05, 4.69) is 17.4 Å². The van der Waals surface area contributed by atoms with Gasteiger partial charge in [-0.2, -0.15) is 0 Å². The Morgan fingerprint density at radius 2 is 1.67 bits per heavy atom. The molecule has 9 heteroatoms. The van der Waals surface area contributed by atoms with Crippen LogP contribution in [-0.4, -0.2) is 41.3 Å². The molecule has 0 saturated heterocycles. The molecule has 0 aliphatic heterocycles. The van der Waals surface area contributed by atoms with Gasteiger partial charge in [0.15, 0.2) is 0 Å². The van der Waals surface area contributed by atoms with E-state index < -0.39 is 22.5 Å². The molecule has 0 spiro atoms. The number of benzene rings is 3. The topological polar surface area (TPSA) is 84.9 Å². The van der Waals surface area contributed by atoms with Gasteiger partial charge in [-0.1, -0.05) is 30.3 Å². The summed E-state index contributed by atoms with van der Waals surface area (Å²) < 4.78 is 36.3. The van der Waals surface area contributed by atoms with Crippen LogP contribution in [0.5, 0.6) is 11.5 Å². The van der Waals surface area contributed by atoms with E-state index in [9.17, 15) is 13.2 Å². The van der Waals surface area contributed by atoms with Gasteiger partial charge in [0.05, 0.1) is 26.2 Å². The van der Waals surface area contributed by atoms with E-state index in [1.54, 1.807) is 42.1 Å². The van der Waals surface area contributed by atoms with Crippen LogP contribution in [0.4, 0.5) is 11.4 Å². The molecule has 3 aromatic rings. The maximum absolute atomic E-state index is 12.7. The first-order valence-corrected chi connectivity index (χ1v) is 12.9. The Morgan fingerprint density at radius 3 is 2.27 bits per heavy atom. The second kappa shape index (κ2) is 11.1. The minimum absolute atomic E-state index is 0.254. The Hall–Kier alpha value is -3.17. The van der Waals surface area contributed by atoms with Gasteiger partial charge in [-0.15, -0.1) is 11.8 Å². The predicted molar refractivity (Wildman–Crippen MR) is 133 cm³/mol. The predicted octanol–water partition coefficient (Wildman–Crippen LogP) is 4.40. The molecule has 0 aliphatic carbocycles. The van der Waals surface area contributed by atoms with Crippen LogP contribution in [0.1, 0.15) is 5.56 Å². The van der Waals surface area contributed by atoms with Crippen molar-refractivity contribution in [2.24, 2.45) is 0 Å². The maximum Gasteiger partial charge on any atom is 0.245 e. The fraction of sp³-hybridized carbons (Fsp3) is 0.208. The molecule has 7 nitrogen and oxygen atoms in total. The van der Waals surface area contributed by atoms with E-state index in [1.165, 1.54) is 19.1 Å². The highest BCUT2D eigenvalue weighted by molar-refractivity contribution is 7.98. The summed E-state index contributed by atoms with van der Waals surface area (Å²) in [4.78, 5) is 13.9. The fourth-order valence-electron chi connectivity index (χ4n) is 3.07. The minimum atomic E-state index is -3.75. The molecular weight excluding hydrogens is 460 g/mol. The molecule has 174 valence electrons. The van der Waals surface area contributed by atoms with Gasteiger partial charge >= 0.3 is 0 Å². The van der Waals surface area contributed by atoms with Crippen LogP contribution >= 0.6 is 11.8 Å². The van der Waals surface area contributed by atoms with E-state index in [1.807, 2.05) is 30.3 Å². The van der Waals surface area contributed by atoms with Gasteiger partial charge in [0.1, 0.15) is 18.0 Å². The molecule has 0 radical (unpaired) electrons. The molecule has 1 N–H and O–H groups in total. The van der Waals surface area contributed by atoms with E-state index in [0.717, 1.165) is 21.9 Å². The normalized spacial score (nSPS) is 11.0. The van der Waals surface area contributed by atoms with Gasteiger partial charge in [-0.05, 0) is 42.0 Å². The number of thioether (sulfide) groups is 1. The fourth-order valence-corrected chi connectivity index (χ4v) is 4.81. The largest absolute Gasteiger partial charge is 0.497 e. The number of carbonyl (C=O) groups is 1.